The van der Waals surface area contributed by atoms with Gasteiger partial charge < -0.3 is 10.4 Å². The average Bonchev–Trinajstić information content (AvgIpc) is 2.78. The minimum atomic E-state index is -0.640. The van der Waals surface area contributed by atoms with Crippen molar-refractivity contribution in [3.63, 3.8) is 0 Å². The molecule has 3 heteroatoms. The second-order valence-electron chi connectivity index (χ2n) is 6.38. The Balaban J connectivity index is 1.99. The number of hydrogen-bond acceptors (Lipinski definition) is 3. The molecule has 1 aromatic carbocycles. The van der Waals surface area contributed by atoms with E-state index in [9.17, 15) is 5.11 Å². The predicted octanol–water partition coefficient (Wildman–Crippen LogP) is 4.35. The smallest absolute Gasteiger partial charge is 0.0746 e. The molecule has 2 nitrogen and oxygen atoms in total. The summed E-state index contributed by atoms with van der Waals surface area (Å²) in [7, 11) is 0. The van der Waals surface area contributed by atoms with E-state index in [0.717, 1.165) is 6.42 Å². The first-order chi connectivity index (χ1) is 9.37. The highest BCUT2D eigenvalue weighted by Crippen LogP contribution is 2.29. The zero-order chi connectivity index (χ0) is 14.8. The maximum Gasteiger partial charge on any atom is 0.0746 e. The molecule has 2 unspecified atom stereocenters. The molecule has 0 aliphatic rings. The van der Waals surface area contributed by atoms with E-state index in [1.807, 2.05) is 18.3 Å². The van der Waals surface area contributed by atoms with Crippen LogP contribution in [-0.4, -0.2) is 17.3 Å². The van der Waals surface area contributed by atoms with E-state index in [1.54, 1.807) is 0 Å². The summed E-state index contributed by atoms with van der Waals surface area (Å²) in [5, 5.41) is 15.1. The van der Waals surface area contributed by atoms with Crippen LogP contribution in [0.2, 0.25) is 0 Å². The third kappa shape index (κ3) is 4.05. The molecular weight excluding hydrogens is 266 g/mol. The van der Waals surface area contributed by atoms with Crippen molar-refractivity contribution in [1.82, 2.24) is 5.32 Å². The summed E-state index contributed by atoms with van der Waals surface area (Å²) in [6, 6.07) is 11.0. The zero-order valence-electron chi connectivity index (χ0n) is 12.8. The van der Waals surface area contributed by atoms with Crippen LogP contribution in [0.1, 0.15) is 45.0 Å². The molecule has 0 aliphatic heterocycles. The van der Waals surface area contributed by atoms with Crippen molar-refractivity contribution in [3.05, 3.63) is 35.2 Å². The Labute approximate surface area is 125 Å². The normalized spacial score (nSPS) is 16.5. The number of rotatable bonds is 6. The highest BCUT2D eigenvalue weighted by Gasteiger charge is 2.22. The van der Waals surface area contributed by atoms with Crippen LogP contribution in [0.5, 0.6) is 0 Å². The number of aliphatic hydroxyl groups is 1. The lowest BCUT2D eigenvalue weighted by atomic mass is 9.94. The third-order valence-corrected chi connectivity index (χ3v) is 4.81. The lowest BCUT2D eigenvalue weighted by Crippen LogP contribution is -2.39. The minimum absolute atomic E-state index is 0.269. The van der Waals surface area contributed by atoms with E-state index in [0.29, 0.717) is 12.5 Å². The topological polar surface area (TPSA) is 32.3 Å². The zero-order valence-corrected chi connectivity index (χ0v) is 13.6. The largest absolute Gasteiger partial charge is 0.389 e. The summed E-state index contributed by atoms with van der Waals surface area (Å²) in [6.45, 7) is 8.99. The first-order valence-corrected chi connectivity index (χ1v) is 8.13. The van der Waals surface area contributed by atoms with Crippen LogP contribution in [0.15, 0.2) is 30.3 Å². The fraction of sp³-hybridized carbons (Fsp3) is 0.529. The highest BCUT2D eigenvalue weighted by atomic mass is 32.1. The van der Waals surface area contributed by atoms with E-state index in [4.69, 9.17) is 0 Å². The van der Waals surface area contributed by atoms with Gasteiger partial charge in [-0.15, -0.1) is 11.3 Å². The summed E-state index contributed by atoms with van der Waals surface area (Å²) >= 11 is 1.83. The Morgan fingerprint density at radius 3 is 2.60 bits per heavy atom. The first kappa shape index (κ1) is 15.5. The van der Waals surface area contributed by atoms with Gasteiger partial charge >= 0.3 is 0 Å². The van der Waals surface area contributed by atoms with E-state index < -0.39 is 5.60 Å². The molecule has 2 aromatic rings. The van der Waals surface area contributed by atoms with Crippen molar-refractivity contribution in [1.29, 1.82) is 0 Å². The van der Waals surface area contributed by atoms with Crippen molar-refractivity contribution < 1.29 is 5.11 Å². The van der Waals surface area contributed by atoms with Crippen molar-refractivity contribution in [2.75, 3.05) is 6.54 Å². The second kappa shape index (κ2) is 6.25. The fourth-order valence-electron chi connectivity index (χ4n) is 2.64. The Kier molecular flexibility index (Phi) is 4.84. The van der Waals surface area contributed by atoms with Gasteiger partial charge in [0.25, 0.3) is 0 Å². The fourth-order valence-corrected chi connectivity index (χ4v) is 3.73. The Morgan fingerprint density at radius 1 is 1.25 bits per heavy atom. The van der Waals surface area contributed by atoms with Crippen LogP contribution >= 0.6 is 11.3 Å². The second-order valence-corrected chi connectivity index (χ2v) is 7.50. The molecule has 1 aromatic heterocycles. The predicted molar refractivity (Wildman–Crippen MR) is 88.3 cm³/mol. The minimum Gasteiger partial charge on any atom is -0.389 e. The molecule has 0 saturated heterocycles. The van der Waals surface area contributed by atoms with Gasteiger partial charge in [0.2, 0.25) is 0 Å². The maximum absolute atomic E-state index is 10.4. The molecule has 2 N–H and O–H groups in total. The van der Waals surface area contributed by atoms with Gasteiger partial charge in [0.05, 0.1) is 5.60 Å². The number of nitrogens with one attached hydrogen (secondary N) is 1. The van der Waals surface area contributed by atoms with Crippen molar-refractivity contribution in [2.24, 2.45) is 5.92 Å². The third-order valence-electron chi connectivity index (χ3n) is 3.51. The molecule has 0 radical (unpaired) electrons. The van der Waals surface area contributed by atoms with Gasteiger partial charge in [-0.3, -0.25) is 0 Å². The van der Waals surface area contributed by atoms with E-state index in [-0.39, 0.29) is 6.04 Å². The molecule has 0 bridgehead atoms. The molecule has 0 aliphatic carbocycles. The van der Waals surface area contributed by atoms with Gasteiger partial charge in [-0.25, -0.2) is 0 Å². The van der Waals surface area contributed by atoms with E-state index >= 15 is 0 Å². The Hall–Kier alpha value is -0.900. The average molecular weight is 291 g/mol. The molecule has 2 rings (SSSR count). The van der Waals surface area contributed by atoms with Crippen LogP contribution in [0, 0.1) is 5.92 Å². The molecule has 110 valence electrons. The van der Waals surface area contributed by atoms with Crippen LogP contribution in [0.3, 0.4) is 0 Å². The Bertz CT molecular complexity index is 526. The Morgan fingerprint density at radius 2 is 1.95 bits per heavy atom. The van der Waals surface area contributed by atoms with Crippen LogP contribution in [0.25, 0.3) is 10.1 Å². The number of thiophene rings is 1. The van der Waals surface area contributed by atoms with Crippen LogP contribution in [-0.2, 0) is 0 Å². The molecule has 2 atom stereocenters. The standard InChI is InChI=1S/C17H25NOS/c1-12(2)10-17(4,19)11-18-13(3)16-9-14-7-5-6-8-15(14)20-16/h5-9,12-13,18-19H,10-11H2,1-4H3. The number of hydrogen-bond donors (Lipinski definition) is 2. The van der Waals surface area contributed by atoms with Gasteiger partial charge in [0.1, 0.15) is 0 Å². The SMILES string of the molecule is CC(C)CC(C)(O)CNC(C)c1cc2ccccc2s1. The van der Waals surface area contributed by atoms with Gasteiger partial charge in [-0.05, 0) is 43.7 Å². The monoisotopic (exact) mass is 291 g/mol. The van der Waals surface area contributed by atoms with Gasteiger partial charge in [0.15, 0.2) is 0 Å². The van der Waals surface area contributed by atoms with Crippen molar-refractivity contribution in [2.45, 2.75) is 45.8 Å². The molecule has 20 heavy (non-hydrogen) atoms. The van der Waals surface area contributed by atoms with Crippen LogP contribution in [0.4, 0.5) is 0 Å². The summed E-state index contributed by atoms with van der Waals surface area (Å²) in [6.07, 6.45) is 0.819. The molecule has 1 heterocycles. The van der Waals surface area contributed by atoms with Gasteiger partial charge in [0, 0.05) is 22.2 Å². The summed E-state index contributed by atoms with van der Waals surface area (Å²) in [4.78, 5) is 1.33. The van der Waals surface area contributed by atoms with Crippen LogP contribution < -0.4 is 5.32 Å². The molecule has 0 saturated carbocycles. The number of fused-ring (bicyclic) bond motifs is 1. The summed E-state index contributed by atoms with van der Waals surface area (Å²) < 4.78 is 1.32. The first-order valence-electron chi connectivity index (χ1n) is 7.31. The maximum atomic E-state index is 10.4. The lowest BCUT2D eigenvalue weighted by molar-refractivity contribution is 0.0364. The molecular formula is C17H25NOS. The summed E-state index contributed by atoms with van der Waals surface area (Å²) in [5.74, 6) is 0.506. The van der Waals surface area contributed by atoms with E-state index in [1.165, 1.54) is 15.0 Å². The quantitative estimate of drug-likeness (QED) is 0.829. The highest BCUT2D eigenvalue weighted by molar-refractivity contribution is 7.19. The molecule has 0 fully saturated rings. The van der Waals surface area contributed by atoms with Crippen molar-refractivity contribution in [3.8, 4) is 0 Å². The van der Waals surface area contributed by atoms with Crippen molar-refractivity contribution >= 4 is 21.4 Å². The van der Waals surface area contributed by atoms with E-state index in [2.05, 4.69) is 56.4 Å². The van der Waals surface area contributed by atoms with Gasteiger partial charge in [-0.1, -0.05) is 32.0 Å². The molecule has 0 amide bonds. The summed E-state index contributed by atoms with van der Waals surface area (Å²) in [5.41, 5.74) is -0.640. The number of benzene rings is 1. The lowest BCUT2D eigenvalue weighted by Gasteiger charge is -2.27. The van der Waals surface area contributed by atoms with Gasteiger partial charge in [-0.2, -0.15) is 0 Å². The molecule has 0 spiro atoms.